The molecule has 0 aliphatic carbocycles. The predicted molar refractivity (Wildman–Crippen MR) is 64.1 cm³/mol. The SMILES string of the molecule is CCCC(CC(=O)O)NC(=O)N(CCO)CC(F)F. The Kier molecular flexibility index (Phi) is 8.77. The van der Waals surface area contributed by atoms with Gasteiger partial charge in [-0.05, 0) is 6.42 Å². The molecule has 0 aromatic rings. The van der Waals surface area contributed by atoms with Crippen molar-refractivity contribution in [2.45, 2.75) is 38.7 Å². The number of carbonyl (C=O) groups excluding carboxylic acids is 1. The normalized spacial score (nSPS) is 12.3. The molecule has 0 aliphatic heterocycles. The minimum atomic E-state index is -2.71. The predicted octanol–water partition coefficient (Wildman–Crippen LogP) is 0.899. The molecule has 0 rings (SSSR count). The number of nitrogens with one attached hydrogen (secondary N) is 1. The van der Waals surface area contributed by atoms with Gasteiger partial charge in [0.05, 0.1) is 19.6 Å². The topological polar surface area (TPSA) is 89.9 Å². The number of rotatable bonds is 9. The summed E-state index contributed by atoms with van der Waals surface area (Å²) >= 11 is 0. The molecule has 0 spiro atoms. The lowest BCUT2D eigenvalue weighted by Crippen LogP contribution is -2.48. The minimum Gasteiger partial charge on any atom is -0.481 e. The first kappa shape index (κ1) is 17.6. The van der Waals surface area contributed by atoms with Crippen molar-refractivity contribution in [1.82, 2.24) is 10.2 Å². The summed E-state index contributed by atoms with van der Waals surface area (Å²) in [6, 6.07) is -1.39. The lowest BCUT2D eigenvalue weighted by Gasteiger charge is -2.25. The molecule has 0 aromatic heterocycles. The zero-order valence-corrected chi connectivity index (χ0v) is 10.8. The van der Waals surface area contributed by atoms with Gasteiger partial charge in [-0.3, -0.25) is 4.79 Å². The average Bonchev–Trinajstić information content (AvgIpc) is 2.27. The molecule has 0 bridgehead atoms. The van der Waals surface area contributed by atoms with Gasteiger partial charge in [-0.25, -0.2) is 13.6 Å². The number of aliphatic hydroxyl groups is 1. The van der Waals surface area contributed by atoms with E-state index in [9.17, 15) is 18.4 Å². The molecule has 6 nitrogen and oxygen atoms in total. The van der Waals surface area contributed by atoms with Gasteiger partial charge in [0, 0.05) is 12.6 Å². The molecule has 0 aromatic carbocycles. The largest absolute Gasteiger partial charge is 0.481 e. The standard InChI is InChI=1S/C11H20F2N2O4/c1-2-3-8(6-10(17)18)14-11(19)15(4-5-16)7-9(12)13/h8-9,16H,2-7H2,1H3,(H,14,19)(H,17,18). The van der Waals surface area contributed by atoms with E-state index in [4.69, 9.17) is 10.2 Å². The molecule has 0 radical (unpaired) electrons. The Balaban J connectivity index is 4.50. The van der Waals surface area contributed by atoms with Crippen LogP contribution in [0.15, 0.2) is 0 Å². The van der Waals surface area contributed by atoms with Crippen molar-refractivity contribution in [2.75, 3.05) is 19.7 Å². The molecule has 0 heterocycles. The highest BCUT2D eigenvalue weighted by molar-refractivity contribution is 5.76. The summed E-state index contributed by atoms with van der Waals surface area (Å²) in [4.78, 5) is 23.1. The van der Waals surface area contributed by atoms with Crippen molar-refractivity contribution in [1.29, 1.82) is 0 Å². The Hall–Kier alpha value is -1.44. The van der Waals surface area contributed by atoms with Crippen LogP contribution in [0.1, 0.15) is 26.2 Å². The highest BCUT2D eigenvalue weighted by Crippen LogP contribution is 2.05. The van der Waals surface area contributed by atoms with Gasteiger partial charge in [0.2, 0.25) is 0 Å². The Bertz CT molecular complexity index is 290. The van der Waals surface area contributed by atoms with Gasteiger partial charge in [0.1, 0.15) is 0 Å². The fourth-order valence-corrected chi connectivity index (χ4v) is 1.61. The summed E-state index contributed by atoms with van der Waals surface area (Å²) in [5.74, 6) is -1.07. The van der Waals surface area contributed by atoms with Gasteiger partial charge in [-0.15, -0.1) is 0 Å². The van der Waals surface area contributed by atoms with E-state index in [0.717, 1.165) is 4.90 Å². The van der Waals surface area contributed by atoms with E-state index < -0.39 is 37.6 Å². The Morgan fingerprint density at radius 2 is 2.00 bits per heavy atom. The van der Waals surface area contributed by atoms with E-state index in [0.29, 0.717) is 12.8 Å². The van der Waals surface area contributed by atoms with Crippen LogP contribution >= 0.6 is 0 Å². The van der Waals surface area contributed by atoms with Crippen LogP contribution in [0.25, 0.3) is 0 Å². The van der Waals surface area contributed by atoms with Crippen molar-refractivity contribution < 1.29 is 28.6 Å². The summed E-state index contributed by atoms with van der Waals surface area (Å²) in [6.07, 6.45) is -1.87. The lowest BCUT2D eigenvalue weighted by atomic mass is 10.1. The molecule has 1 unspecified atom stereocenters. The van der Waals surface area contributed by atoms with Gasteiger partial charge in [-0.1, -0.05) is 13.3 Å². The van der Waals surface area contributed by atoms with Crippen molar-refractivity contribution in [3.8, 4) is 0 Å². The smallest absolute Gasteiger partial charge is 0.317 e. The number of aliphatic carboxylic acids is 1. The van der Waals surface area contributed by atoms with Gasteiger partial charge in [-0.2, -0.15) is 0 Å². The summed E-state index contributed by atoms with van der Waals surface area (Å²) < 4.78 is 24.5. The zero-order chi connectivity index (χ0) is 14.8. The second-order valence-electron chi connectivity index (χ2n) is 4.09. The Morgan fingerprint density at radius 3 is 2.42 bits per heavy atom. The minimum absolute atomic E-state index is 0.220. The quantitative estimate of drug-likeness (QED) is 0.586. The first-order valence-corrected chi connectivity index (χ1v) is 6.06. The van der Waals surface area contributed by atoms with E-state index >= 15 is 0 Å². The number of hydrogen-bond acceptors (Lipinski definition) is 3. The number of carboxylic acid groups (broad SMARTS) is 1. The molecule has 0 fully saturated rings. The van der Waals surface area contributed by atoms with Crippen LogP contribution in [0.3, 0.4) is 0 Å². The maximum Gasteiger partial charge on any atom is 0.317 e. The third kappa shape index (κ3) is 8.30. The van der Waals surface area contributed by atoms with Crippen molar-refractivity contribution in [3.63, 3.8) is 0 Å². The molecule has 1 atom stereocenters. The number of carbonyl (C=O) groups is 2. The summed E-state index contributed by atoms with van der Waals surface area (Å²) in [7, 11) is 0. The number of amides is 2. The van der Waals surface area contributed by atoms with Crippen LogP contribution in [-0.2, 0) is 4.79 Å². The van der Waals surface area contributed by atoms with Gasteiger partial charge in [0.25, 0.3) is 6.43 Å². The van der Waals surface area contributed by atoms with Crippen molar-refractivity contribution in [3.05, 3.63) is 0 Å². The molecule has 0 saturated heterocycles. The lowest BCUT2D eigenvalue weighted by molar-refractivity contribution is -0.137. The van der Waals surface area contributed by atoms with Crippen LogP contribution in [0.5, 0.6) is 0 Å². The van der Waals surface area contributed by atoms with Gasteiger partial charge >= 0.3 is 12.0 Å². The van der Waals surface area contributed by atoms with E-state index in [1.807, 2.05) is 6.92 Å². The van der Waals surface area contributed by atoms with E-state index in [2.05, 4.69) is 5.32 Å². The summed E-state index contributed by atoms with van der Waals surface area (Å²) in [5.41, 5.74) is 0. The first-order valence-electron chi connectivity index (χ1n) is 6.06. The molecule has 0 aliphatic rings. The monoisotopic (exact) mass is 282 g/mol. The Morgan fingerprint density at radius 1 is 1.37 bits per heavy atom. The molecule has 2 amide bonds. The molecule has 112 valence electrons. The molecule has 8 heteroatoms. The van der Waals surface area contributed by atoms with E-state index in [1.165, 1.54) is 0 Å². The van der Waals surface area contributed by atoms with Crippen LogP contribution < -0.4 is 5.32 Å². The van der Waals surface area contributed by atoms with Crippen molar-refractivity contribution in [2.24, 2.45) is 0 Å². The second-order valence-corrected chi connectivity index (χ2v) is 4.09. The third-order valence-corrected chi connectivity index (χ3v) is 2.40. The second kappa shape index (κ2) is 9.48. The third-order valence-electron chi connectivity index (χ3n) is 2.40. The van der Waals surface area contributed by atoms with Gasteiger partial charge in [0.15, 0.2) is 0 Å². The van der Waals surface area contributed by atoms with Crippen LogP contribution in [0, 0.1) is 0 Å². The highest BCUT2D eigenvalue weighted by Gasteiger charge is 2.21. The number of urea groups is 1. The average molecular weight is 282 g/mol. The van der Waals surface area contributed by atoms with Crippen LogP contribution in [-0.4, -0.2) is 59.3 Å². The fraction of sp³-hybridized carbons (Fsp3) is 0.818. The van der Waals surface area contributed by atoms with Crippen molar-refractivity contribution >= 4 is 12.0 Å². The molecule has 3 N–H and O–H groups in total. The fourth-order valence-electron chi connectivity index (χ4n) is 1.61. The molecule has 19 heavy (non-hydrogen) atoms. The van der Waals surface area contributed by atoms with Gasteiger partial charge < -0.3 is 20.4 Å². The molecular weight excluding hydrogens is 262 g/mol. The van der Waals surface area contributed by atoms with Crippen LogP contribution in [0.2, 0.25) is 0 Å². The molecule has 0 saturated carbocycles. The summed E-state index contributed by atoms with van der Waals surface area (Å²) in [6.45, 7) is 0.379. The van der Waals surface area contributed by atoms with Crippen LogP contribution in [0.4, 0.5) is 13.6 Å². The zero-order valence-electron chi connectivity index (χ0n) is 10.8. The van der Waals surface area contributed by atoms with E-state index in [-0.39, 0.29) is 13.0 Å². The number of aliphatic hydroxyl groups excluding tert-OH is 1. The number of alkyl halides is 2. The number of nitrogens with zero attached hydrogens (tertiary/aromatic N) is 1. The highest BCUT2D eigenvalue weighted by atomic mass is 19.3. The maximum atomic E-state index is 12.3. The molecular formula is C11H20F2N2O4. The summed E-state index contributed by atoms with van der Waals surface area (Å²) in [5, 5.41) is 19.8. The Labute approximate surface area is 110 Å². The number of carboxylic acids is 1. The van der Waals surface area contributed by atoms with E-state index in [1.54, 1.807) is 0 Å². The maximum absolute atomic E-state index is 12.3. The first-order chi connectivity index (χ1) is 8.90. The number of halogens is 2. The number of hydrogen-bond donors (Lipinski definition) is 3.